The number of carbonyl (C=O) groups excluding carboxylic acids is 1. The first kappa shape index (κ1) is 17.1. The molecule has 0 aliphatic carbocycles. The van der Waals surface area contributed by atoms with Gasteiger partial charge in [-0.3, -0.25) is 0 Å². The summed E-state index contributed by atoms with van der Waals surface area (Å²) in [5, 5.41) is -0.324. The van der Waals surface area contributed by atoms with Crippen LogP contribution in [0.1, 0.15) is 16.7 Å². The SMILES string of the molecule is COC(=O)Sc1cccc(I)c1COc1ccc(C)cc1C. The minimum atomic E-state index is -0.324. The Morgan fingerprint density at radius 3 is 2.68 bits per heavy atom. The van der Waals surface area contributed by atoms with Crippen molar-refractivity contribution < 1.29 is 14.3 Å². The van der Waals surface area contributed by atoms with Crippen LogP contribution in [0.25, 0.3) is 0 Å². The van der Waals surface area contributed by atoms with Gasteiger partial charge >= 0.3 is 5.30 Å². The van der Waals surface area contributed by atoms with Gasteiger partial charge in [-0.1, -0.05) is 23.8 Å². The van der Waals surface area contributed by atoms with Crippen LogP contribution in [0.4, 0.5) is 4.79 Å². The Morgan fingerprint density at radius 2 is 2.00 bits per heavy atom. The zero-order chi connectivity index (χ0) is 16.1. The Kier molecular flexibility index (Phi) is 6.14. The first-order valence-corrected chi connectivity index (χ1v) is 8.64. The fourth-order valence-electron chi connectivity index (χ4n) is 2.02. The number of hydrogen-bond donors (Lipinski definition) is 0. The maximum Gasteiger partial charge on any atom is 0.371 e. The second-order valence-corrected chi connectivity index (χ2v) is 6.97. The molecular formula is C17H17IO3S. The van der Waals surface area contributed by atoms with Crippen molar-refractivity contribution in [3.8, 4) is 5.75 Å². The molecule has 116 valence electrons. The Hall–Kier alpha value is -1.21. The molecule has 0 atom stereocenters. The van der Waals surface area contributed by atoms with Gasteiger partial charge in [0.25, 0.3) is 0 Å². The third-order valence-electron chi connectivity index (χ3n) is 3.14. The lowest BCUT2D eigenvalue weighted by molar-refractivity contribution is 0.200. The van der Waals surface area contributed by atoms with Crippen molar-refractivity contribution in [1.82, 2.24) is 0 Å². The van der Waals surface area contributed by atoms with Crippen LogP contribution in [0.5, 0.6) is 5.75 Å². The van der Waals surface area contributed by atoms with Crippen LogP contribution >= 0.6 is 34.4 Å². The zero-order valence-electron chi connectivity index (χ0n) is 12.7. The van der Waals surface area contributed by atoms with Gasteiger partial charge in [-0.05, 0) is 72.0 Å². The highest BCUT2D eigenvalue weighted by Crippen LogP contribution is 2.29. The number of hydrogen-bond acceptors (Lipinski definition) is 4. The van der Waals surface area contributed by atoms with Gasteiger partial charge in [0.2, 0.25) is 0 Å². The minimum absolute atomic E-state index is 0.324. The summed E-state index contributed by atoms with van der Waals surface area (Å²) in [6.07, 6.45) is 0. The van der Waals surface area contributed by atoms with E-state index < -0.39 is 0 Å². The van der Waals surface area contributed by atoms with Crippen molar-refractivity contribution in [3.63, 3.8) is 0 Å². The number of carbonyl (C=O) groups is 1. The molecule has 0 aliphatic rings. The van der Waals surface area contributed by atoms with E-state index in [0.29, 0.717) is 6.61 Å². The van der Waals surface area contributed by atoms with Crippen LogP contribution in [0.2, 0.25) is 0 Å². The molecule has 2 aromatic carbocycles. The summed E-state index contributed by atoms with van der Waals surface area (Å²) in [5.41, 5.74) is 3.31. The lowest BCUT2D eigenvalue weighted by Gasteiger charge is -2.13. The number of rotatable bonds is 4. The molecule has 0 saturated carbocycles. The highest BCUT2D eigenvalue weighted by molar-refractivity contribution is 14.1. The highest BCUT2D eigenvalue weighted by Gasteiger charge is 2.13. The molecule has 2 rings (SSSR count). The quantitative estimate of drug-likeness (QED) is 0.374. The van der Waals surface area contributed by atoms with E-state index in [2.05, 4.69) is 35.6 Å². The predicted octanol–water partition coefficient (Wildman–Crippen LogP) is 5.35. The molecule has 3 nitrogen and oxygen atoms in total. The lowest BCUT2D eigenvalue weighted by atomic mass is 10.1. The molecule has 0 unspecified atom stereocenters. The van der Waals surface area contributed by atoms with Crippen LogP contribution in [-0.4, -0.2) is 12.4 Å². The van der Waals surface area contributed by atoms with E-state index in [1.807, 2.05) is 37.3 Å². The molecule has 0 saturated heterocycles. The van der Waals surface area contributed by atoms with Crippen molar-refractivity contribution in [2.45, 2.75) is 25.3 Å². The van der Waals surface area contributed by atoms with Gasteiger partial charge in [-0.25, -0.2) is 4.79 Å². The van der Waals surface area contributed by atoms with Crippen molar-refractivity contribution in [3.05, 3.63) is 56.7 Å². The number of ether oxygens (including phenoxy) is 2. The van der Waals surface area contributed by atoms with E-state index in [1.54, 1.807) is 0 Å². The van der Waals surface area contributed by atoms with Gasteiger partial charge in [0.1, 0.15) is 12.4 Å². The highest BCUT2D eigenvalue weighted by atomic mass is 127. The maximum atomic E-state index is 11.5. The topological polar surface area (TPSA) is 35.5 Å². The molecule has 22 heavy (non-hydrogen) atoms. The molecule has 0 fully saturated rings. The molecule has 5 heteroatoms. The Morgan fingerprint density at radius 1 is 1.23 bits per heavy atom. The summed E-state index contributed by atoms with van der Waals surface area (Å²) in [5.74, 6) is 0.860. The van der Waals surface area contributed by atoms with Crippen LogP contribution < -0.4 is 4.74 Å². The first-order chi connectivity index (χ1) is 10.5. The van der Waals surface area contributed by atoms with Crippen molar-refractivity contribution in [2.75, 3.05) is 7.11 Å². The average Bonchev–Trinajstić information content (AvgIpc) is 2.48. The number of halogens is 1. The van der Waals surface area contributed by atoms with Crippen molar-refractivity contribution in [2.24, 2.45) is 0 Å². The van der Waals surface area contributed by atoms with Crippen LogP contribution in [0.3, 0.4) is 0 Å². The molecular weight excluding hydrogens is 411 g/mol. The molecule has 0 N–H and O–H groups in total. The molecule has 0 amide bonds. The van der Waals surface area contributed by atoms with Crippen LogP contribution in [-0.2, 0) is 11.3 Å². The van der Waals surface area contributed by atoms with Gasteiger partial charge in [-0.2, -0.15) is 0 Å². The zero-order valence-corrected chi connectivity index (χ0v) is 15.7. The van der Waals surface area contributed by atoms with Crippen molar-refractivity contribution >= 4 is 39.7 Å². The third-order valence-corrected chi connectivity index (χ3v) is 5.08. The van der Waals surface area contributed by atoms with E-state index in [4.69, 9.17) is 9.47 Å². The molecule has 0 heterocycles. The normalized spacial score (nSPS) is 10.4. The predicted molar refractivity (Wildman–Crippen MR) is 97.7 cm³/mol. The standard InChI is InChI=1S/C17H17IO3S/c1-11-7-8-15(12(2)9-11)21-10-13-14(18)5-4-6-16(13)22-17(19)20-3/h4-9H,10H2,1-3H3. The van der Waals surface area contributed by atoms with Gasteiger partial charge in [0.15, 0.2) is 0 Å². The molecule has 0 bridgehead atoms. The third kappa shape index (κ3) is 4.39. The largest absolute Gasteiger partial charge is 0.489 e. The Balaban J connectivity index is 2.19. The smallest absolute Gasteiger partial charge is 0.371 e. The number of methoxy groups -OCH3 is 1. The van der Waals surface area contributed by atoms with Gasteiger partial charge in [0.05, 0.1) is 7.11 Å². The fourth-order valence-corrected chi connectivity index (χ4v) is 3.56. The Bertz CT molecular complexity index is 686. The molecule has 2 aromatic rings. The molecule has 0 aliphatic heterocycles. The molecule has 0 aromatic heterocycles. The van der Waals surface area contributed by atoms with Crippen LogP contribution in [0.15, 0.2) is 41.3 Å². The summed E-state index contributed by atoms with van der Waals surface area (Å²) in [7, 11) is 1.38. The number of thioether (sulfide) groups is 1. The molecule has 0 spiro atoms. The summed E-state index contributed by atoms with van der Waals surface area (Å²) >= 11 is 3.34. The Labute approximate surface area is 148 Å². The van der Waals surface area contributed by atoms with E-state index >= 15 is 0 Å². The monoisotopic (exact) mass is 428 g/mol. The maximum absolute atomic E-state index is 11.5. The summed E-state index contributed by atoms with van der Waals surface area (Å²) in [6, 6.07) is 11.9. The average molecular weight is 428 g/mol. The minimum Gasteiger partial charge on any atom is -0.489 e. The van der Waals surface area contributed by atoms with Crippen molar-refractivity contribution in [1.29, 1.82) is 0 Å². The van der Waals surface area contributed by atoms with E-state index in [1.165, 1.54) is 12.7 Å². The van der Waals surface area contributed by atoms with Gasteiger partial charge in [0, 0.05) is 14.0 Å². The molecule has 0 radical (unpaired) electrons. The van der Waals surface area contributed by atoms with E-state index in [-0.39, 0.29) is 5.30 Å². The lowest BCUT2D eigenvalue weighted by Crippen LogP contribution is -2.02. The fraction of sp³-hybridized carbons (Fsp3) is 0.235. The van der Waals surface area contributed by atoms with Crippen LogP contribution in [0, 0.1) is 17.4 Å². The second-order valence-electron chi connectivity index (χ2n) is 4.83. The number of aryl methyl sites for hydroxylation is 2. The summed E-state index contributed by atoms with van der Waals surface area (Å²) in [6.45, 7) is 4.51. The van der Waals surface area contributed by atoms with Gasteiger partial charge < -0.3 is 9.47 Å². The summed E-state index contributed by atoms with van der Waals surface area (Å²) < 4.78 is 11.7. The van der Waals surface area contributed by atoms with E-state index in [0.717, 1.165) is 37.1 Å². The first-order valence-electron chi connectivity index (χ1n) is 6.74. The van der Waals surface area contributed by atoms with E-state index in [9.17, 15) is 4.79 Å². The second kappa shape index (κ2) is 7.87. The summed E-state index contributed by atoms with van der Waals surface area (Å²) in [4.78, 5) is 12.4. The van der Waals surface area contributed by atoms with Gasteiger partial charge in [-0.15, -0.1) is 0 Å². The number of benzene rings is 2.